The van der Waals surface area contributed by atoms with Gasteiger partial charge in [-0.15, -0.1) is 0 Å². The van der Waals surface area contributed by atoms with Gasteiger partial charge in [-0.1, -0.05) is 35.9 Å². The molecule has 0 fully saturated rings. The minimum Gasteiger partial charge on any atom is -0.356 e. The Morgan fingerprint density at radius 1 is 0.553 bits per heavy atom. The fourth-order valence-corrected chi connectivity index (χ4v) is 4.33. The molecule has 0 radical (unpaired) electrons. The first-order valence-corrected chi connectivity index (χ1v) is 12.5. The van der Waals surface area contributed by atoms with E-state index in [1.807, 2.05) is 72.8 Å². The van der Waals surface area contributed by atoms with Gasteiger partial charge in [0.05, 0.1) is 0 Å². The molecule has 5 nitrogen and oxygen atoms in total. The summed E-state index contributed by atoms with van der Waals surface area (Å²) in [6.45, 7) is 5.69. The van der Waals surface area contributed by atoms with E-state index in [0.29, 0.717) is 11.1 Å². The number of hydrogen-bond acceptors (Lipinski definition) is 4. The Balaban J connectivity index is 1.26. The second-order valence-corrected chi connectivity index (χ2v) is 9.47. The monoisotopic (exact) mass is 499 g/mol. The molecule has 1 amide bonds. The Labute approximate surface area is 222 Å². The number of amides is 1. The zero-order valence-corrected chi connectivity index (χ0v) is 21.6. The summed E-state index contributed by atoms with van der Waals surface area (Å²) in [5, 5.41) is 11.8. The summed E-state index contributed by atoms with van der Waals surface area (Å²) >= 11 is 0. The number of anilines is 5. The van der Waals surface area contributed by atoms with Crippen LogP contribution in [-0.4, -0.2) is 11.7 Å². The van der Waals surface area contributed by atoms with Gasteiger partial charge in [-0.25, -0.2) is 0 Å². The number of ketones is 1. The molecule has 188 valence electrons. The van der Waals surface area contributed by atoms with Gasteiger partial charge in [0.25, 0.3) is 5.91 Å². The van der Waals surface area contributed by atoms with Crippen molar-refractivity contribution in [3.63, 3.8) is 0 Å². The van der Waals surface area contributed by atoms with Crippen molar-refractivity contribution in [2.75, 3.05) is 16.0 Å². The average Bonchev–Trinajstić information content (AvgIpc) is 2.93. The lowest BCUT2D eigenvalue weighted by molar-refractivity contribution is 0.101. The quantitative estimate of drug-likeness (QED) is 0.197. The van der Waals surface area contributed by atoms with Gasteiger partial charge in [0.15, 0.2) is 5.78 Å². The van der Waals surface area contributed by atoms with Crippen LogP contribution in [0.4, 0.5) is 28.4 Å². The van der Waals surface area contributed by atoms with E-state index in [2.05, 4.69) is 48.0 Å². The molecule has 0 heterocycles. The molecule has 0 aliphatic carbocycles. The molecule has 0 bridgehead atoms. The maximum atomic E-state index is 12.8. The normalized spacial score (nSPS) is 10.7. The van der Waals surface area contributed by atoms with E-state index in [1.165, 1.54) is 5.56 Å². The molecule has 0 saturated heterocycles. The highest BCUT2D eigenvalue weighted by atomic mass is 16.1. The predicted molar refractivity (Wildman–Crippen MR) is 157 cm³/mol. The summed E-state index contributed by atoms with van der Waals surface area (Å²) in [4.78, 5) is 24.7. The molecule has 3 N–H and O–H groups in total. The van der Waals surface area contributed by atoms with Gasteiger partial charge in [0.2, 0.25) is 0 Å². The van der Waals surface area contributed by atoms with Crippen molar-refractivity contribution >= 4 is 50.9 Å². The number of rotatable bonds is 7. The van der Waals surface area contributed by atoms with Gasteiger partial charge in [0, 0.05) is 45.0 Å². The highest BCUT2D eigenvalue weighted by molar-refractivity contribution is 6.05. The van der Waals surface area contributed by atoms with E-state index < -0.39 is 0 Å². The molecule has 0 saturated carbocycles. The van der Waals surface area contributed by atoms with Crippen LogP contribution in [-0.2, 0) is 0 Å². The topological polar surface area (TPSA) is 70.2 Å². The molecule has 0 aliphatic rings. The highest BCUT2D eigenvalue weighted by Gasteiger charge is 2.10. The minimum absolute atomic E-state index is 0.0342. The van der Waals surface area contributed by atoms with Gasteiger partial charge in [-0.05, 0) is 105 Å². The number of nitrogens with one attached hydrogen (secondary N) is 3. The van der Waals surface area contributed by atoms with Gasteiger partial charge < -0.3 is 16.0 Å². The van der Waals surface area contributed by atoms with Crippen LogP contribution < -0.4 is 16.0 Å². The van der Waals surface area contributed by atoms with Crippen LogP contribution in [0.3, 0.4) is 0 Å². The van der Waals surface area contributed by atoms with Crippen molar-refractivity contribution in [1.29, 1.82) is 0 Å². The number of carbonyl (C=O) groups excluding carboxylic acids is 2. The van der Waals surface area contributed by atoms with Gasteiger partial charge in [0.1, 0.15) is 0 Å². The van der Waals surface area contributed by atoms with Crippen molar-refractivity contribution in [2.24, 2.45) is 0 Å². The molecular weight excluding hydrogens is 470 g/mol. The Kier molecular flexibility index (Phi) is 6.92. The van der Waals surface area contributed by atoms with Crippen LogP contribution in [0.1, 0.15) is 38.8 Å². The molecule has 0 spiro atoms. The number of fused-ring (bicyclic) bond motifs is 1. The van der Waals surface area contributed by atoms with E-state index in [1.54, 1.807) is 19.1 Å². The zero-order valence-electron chi connectivity index (χ0n) is 21.6. The van der Waals surface area contributed by atoms with Crippen LogP contribution >= 0.6 is 0 Å². The maximum Gasteiger partial charge on any atom is 0.255 e. The predicted octanol–water partition coefficient (Wildman–Crippen LogP) is 8.40. The van der Waals surface area contributed by atoms with Crippen molar-refractivity contribution in [1.82, 2.24) is 0 Å². The van der Waals surface area contributed by atoms with Crippen LogP contribution in [0.5, 0.6) is 0 Å². The van der Waals surface area contributed by atoms with Crippen molar-refractivity contribution in [3.8, 4) is 0 Å². The van der Waals surface area contributed by atoms with Gasteiger partial charge in [-0.3, -0.25) is 9.59 Å². The molecule has 38 heavy (non-hydrogen) atoms. The molecule has 0 atom stereocenters. The number of Topliss-reactive ketones (excluding diaryl/α,β-unsaturated/α-hetero) is 1. The third-order valence-corrected chi connectivity index (χ3v) is 6.55. The van der Waals surface area contributed by atoms with Crippen molar-refractivity contribution < 1.29 is 9.59 Å². The SMILES string of the molecule is CC(=O)c1ccc2c(C)ccc(Nc3ccc(C(=O)Nc4ccc(Nc5ccc(C)cc5)cc4)cc3)c2c1. The molecule has 0 aromatic heterocycles. The summed E-state index contributed by atoms with van der Waals surface area (Å²) in [6.07, 6.45) is 0. The second-order valence-electron chi connectivity index (χ2n) is 9.47. The first-order valence-electron chi connectivity index (χ1n) is 12.5. The Hall–Kier alpha value is -4.90. The highest BCUT2D eigenvalue weighted by Crippen LogP contribution is 2.30. The Morgan fingerprint density at radius 2 is 1.11 bits per heavy atom. The lowest BCUT2D eigenvalue weighted by Crippen LogP contribution is -2.11. The molecule has 5 rings (SSSR count). The summed E-state index contributed by atoms with van der Waals surface area (Å²) < 4.78 is 0. The van der Waals surface area contributed by atoms with Crippen LogP contribution in [0.25, 0.3) is 10.8 Å². The Bertz CT molecular complexity index is 1620. The second kappa shape index (κ2) is 10.6. The largest absolute Gasteiger partial charge is 0.356 e. The van der Waals surface area contributed by atoms with Gasteiger partial charge in [-0.2, -0.15) is 0 Å². The standard InChI is InChI=1S/C33H29N3O2/c1-21-4-10-26(11-5-21)34-27-14-16-29(17-15-27)36-33(38)24-7-12-28(13-8-24)35-32-19-6-22(2)30-18-9-25(23(3)37)20-31(30)32/h4-20,34-35H,1-3H3,(H,36,38). The fraction of sp³-hybridized carbons (Fsp3) is 0.0909. The van der Waals surface area contributed by atoms with E-state index in [9.17, 15) is 9.59 Å². The number of hydrogen-bond donors (Lipinski definition) is 3. The lowest BCUT2D eigenvalue weighted by Gasteiger charge is -2.13. The smallest absolute Gasteiger partial charge is 0.255 e. The number of aryl methyl sites for hydroxylation is 2. The van der Waals surface area contributed by atoms with Gasteiger partial charge >= 0.3 is 0 Å². The first kappa shape index (κ1) is 24.8. The molecule has 5 aromatic rings. The fourth-order valence-electron chi connectivity index (χ4n) is 4.33. The lowest BCUT2D eigenvalue weighted by atomic mass is 9.99. The third-order valence-electron chi connectivity index (χ3n) is 6.55. The first-order chi connectivity index (χ1) is 18.4. The molecule has 0 aliphatic heterocycles. The maximum absolute atomic E-state index is 12.8. The van der Waals surface area contributed by atoms with E-state index >= 15 is 0 Å². The summed E-state index contributed by atoms with van der Waals surface area (Å²) in [7, 11) is 0. The molecule has 5 aromatic carbocycles. The summed E-state index contributed by atoms with van der Waals surface area (Å²) in [5.41, 5.74) is 8.04. The van der Waals surface area contributed by atoms with Crippen molar-refractivity contribution in [3.05, 3.63) is 125 Å². The Morgan fingerprint density at radius 3 is 1.76 bits per heavy atom. The summed E-state index contributed by atoms with van der Waals surface area (Å²) in [5.74, 6) is -0.144. The van der Waals surface area contributed by atoms with Crippen molar-refractivity contribution in [2.45, 2.75) is 20.8 Å². The van der Waals surface area contributed by atoms with Crippen LogP contribution in [0.2, 0.25) is 0 Å². The van der Waals surface area contributed by atoms with Crippen LogP contribution in [0.15, 0.2) is 103 Å². The van der Waals surface area contributed by atoms with E-state index in [4.69, 9.17) is 0 Å². The molecular formula is C33H29N3O2. The van der Waals surface area contributed by atoms with E-state index in [-0.39, 0.29) is 11.7 Å². The summed E-state index contributed by atoms with van der Waals surface area (Å²) in [6, 6.07) is 33.0. The zero-order chi connectivity index (χ0) is 26.6. The number of carbonyl (C=O) groups is 2. The molecule has 0 unspecified atom stereocenters. The third kappa shape index (κ3) is 5.57. The van der Waals surface area contributed by atoms with E-state index in [0.717, 1.165) is 44.8 Å². The number of benzene rings is 5. The molecule has 5 heteroatoms. The van der Waals surface area contributed by atoms with Crippen LogP contribution in [0, 0.1) is 13.8 Å². The minimum atomic E-state index is -0.178. The average molecular weight is 500 g/mol.